The Balaban J connectivity index is 2.34. The molecule has 2 atom stereocenters. The smallest absolute Gasteiger partial charge is 0.260 e. The van der Waals surface area contributed by atoms with Crippen LogP contribution in [-0.4, -0.2) is 29.8 Å². The van der Waals surface area contributed by atoms with Gasteiger partial charge in [0.2, 0.25) is 0 Å². The zero-order valence-electron chi connectivity index (χ0n) is 11.2. The number of nitrogens with one attached hydrogen (secondary N) is 1. The number of carbonyl (C=O) groups is 1. The topological polar surface area (TPSA) is 58.6 Å². The minimum Gasteiger partial charge on any atom is -0.481 e. The second kappa shape index (κ2) is 8.02. The standard InChI is InChI=1S/C14H20ClNO3/c1-3-12(17)8-9-16-14(18)10(2)19-13-6-4-11(15)5-7-13/h4-7,10,12,17H,3,8-9H2,1-2H3,(H,16,18). The summed E-state index contributed by atoms with van der Waals surface area (Å²) in [6.45, 7) is 4.03. The van der Waals surface area contributed by atoms with Gasteiger partial charge in [0.25, 0.3) is 5.91 Å². The summed E-state index contributed by atoms with van der Waals surface area (Å²) in [6, 6.07) is 6.85. The number of carbonyl (C=O) groups excluding carboxylic acids is 1. The maximum absolute atomic E-state index is 11.7. The highest BCUT2D eigenvalue weighted by Gasteiger charge is 2.14. The molecule has 0 saturated heterocycles. The van der Waals surface area contributed by atoms with Crippen LogP contribution in [0.5, 0.6) is 5.75 Å². The Labute approximate surface area is 118 Å². The fourth-order valence-corrected chi connectivity index (χ4v) is 1.61. The Kier molecular flexibility index (Phi) is 6.67. The average molecular weight is 286 g/mol. The van der Waals surface area contributed by atoms with Gasteiger partial charge in [0.15, 0.2) is 6.10 Å². The first-order valence-electron chi connectivity index (χ1n) is 6.41. The van der Waals surface area contributed by atoms with Gasteiger partial charge in [0.1, 0.15) is 5.75 Å². The summed E-state index contributed by atoms with van der Waals surface area (Å²) >= 11 is 5.76. The molecule has 1 rings (SSSR count). The lowest BCUT2D eigenvalue weighted by Gasteiger charge is -2.15. The van der Waals surface area contributed by atoms with E-state index < -0.39 is 6.10 Å². The number of rotatable bonds is 7. The molecule has 0 bridgehead atoms. The Morgan fingerprint density at radius 3 is 2.63 bits per heavy atom. The number of hydrogen-bond donors (Lipinski definition) is 2. The first-order valence-corrected chi connectivity index (χ1v) is 6.78. The molecule has 0 fully saturated rings. The maximum Gasteiger partial charge on any atom is 0.260 e. The number of hydrogen-bond acceptors (Lipinski definition) is 3. The van der Waals surface area contributed by atoms with Crippen molar-refractivity contribution in [1.82, 2.24) is 5.32 Å². The third-order valence-corrected chi connectivity index (χ3v) is 3.00. The van der Waals surface area contributed by atoms with Gasteiger partial charge in [-0.15, -0.1) is 0 Å². The molecule has 2 N–H and O–H groups in total. The molecule has 1 amide bonds. The summed E-state index contributed by atoms with van der Waals surface area (Å²) in [5.74, 6) is 0.402. The van der Waals surface area contributed by atoms with Crippen LogP contribution in [0.25, 0.3) is 0 Å². The summed E-state index contributed by atoms with van der Waals surface area (Å²) in [5.41, 5.74) is 0. The van der Waals surface area contributed by atoms with Crippen LogP contribution in [0.4, 0.5) is 0 Å². The Morgan fingerprint density at radius 2 is 2.05 bits per heavy atom. The number of ether oxygens (including phenoxy) is 1. The van der Waals surface area contributed by atoms with Gasteiger partial charge in [-0.25, -0.2) is 0 Å². The van der Waals surface area contributed by atoms with Gasteiger partial charge in [-0.1, -0.05) is 18.5 Å². The van der Waals surface area contributed by atoms with Gasteiger partial charge in [-0.05, 0) is 44.0 Å². The van der Waals surface area contributed by atoms with E-state index in [0.717, 1.165) is 0 Å². The highest BCUT2D eigenvalue weighted by molar-refractivity contribution is 6.30. The van der Waals surface area contributed by atoms with E-state index in [1.165, 1.54) is 0 Å². The Morgan fingerprint density at radius 1 is 1.42 bits per heavy atom. The maximum atomic E-state index is 11.7. The Hall–Kier alpha value is -1.26. The molecule has 1 aromatic rings. The molecule has 4 nitrogen and oxygen atoms in total. The fraction of sp³-hybridized carbons (Fsp3) is 0.500. The fourth-order valence-electron chi connectivity index (χ4n) is 1.48. The number of halogens is 1. The highest BCUT2D eigenvalue weighted by atomic mass is 35.5. The largest absolute Gasteiger partial charge is 0.481 e. The molecule has 106 valence electrons. The molecule has 0 aromatic heterocycles. The number of benzene rings is 1. The second-order valence-electron chi connectivity index (χ2n) is 4.36. The molecule has 0 aliphatic rings. The minimum absolute atomic E-state index is 0.196. The first-order chi connectivity index (χ1) is 9.02. The van der Waals surface area contributed by atoms with E-state index in [9.17, 15) is 9.90 Å². The molecule has 2 unspecified atom stereocenters. The van der Waals surface area contributed by atoms with E-state index in [1.54, 1.807) is 31.2 Å². The lowest BCUT2D eigenvalue weighted by molar-refractivity contribution is -0.127. The lowest BCUT2D eigenvalue weighted by atomic mass is 10.2. The predicted octanol–water partition coefficient (Wildman–Crippen LogP) is 2.38. The Bertz CT molecular complexity index is 394. The molecule has 0 radical (unpaired) electrons. The van der Waals surface area contributed by atoms with E-state index in [1.807, 2.05) is 6.92 Å². The van der Waals surface area contributed by atoms with Crippen molar-refractivity contribution in [2.24, 2.45) is 0 Å². The quantitative estimate of drug-likeness (QED) is 0.809. The summed E-state index contributed by atoms with van der Waals surface area (Å²) in [7, 11) is 0. The number of amides is 1. The van der Waals surface area contributed by atoms with Crippen LogP contribution in [0.1, 0.15) is 26.7 Å². The van der Waals surface area contributed by atoms with E-state index in [2.05, 4.69) is 5.32 Å². The molecule has 0 heterocycles. The van der Waals surface area contributed by atoms with Gasteiger partial charge in [0, 0.05) is 11.6 Å². The summed E-state index contributed by atoms with van der Waals surface area (Å²) in [4.78, 5) is 11.7. The summed E-state index contributed by atoms with van der Waals surface area (Å²) < 4.78 is 5.48. The molecule has 5 heteroatoms. The van der Waals surface area contributed by atoms with Crippen LogP contribution in [0.15, 0.2) is 24.3 Å². The van der Waals surface area contributed by atoms with Crippen molar-refractivity contribution >= 4 is 17.5 Å². The zero-order valence-corrected chi connectivity index (χ0v) is 12.0. The average Bonchev–Trinajstić information content (AvgIpc) is 2.40. The van der Waals surface area contributed by atoms with Crippen molar-refractivity contribution in [3.63, 3.8) is 0 Å². The number of aliphatic hydroxyl groups is 1. The SMILES string of the molecule is CCC(O)CCNC(=O)C(C)Oc1ccc(Cl)cc1. The van der Waals surface area contributed by atoms with Gasteiger partial charge in [-0.2, -0.15) is 0 Å². The van der Waals surface area contributed by atoms with Crippen molar-refractivity contribution in [2.75, 3.05) is 6.54 Å². The second-order valence-corrected chi connectivity index (χ2v) is 4.79. The van der Waals surface area contributed by atoms with E-state index in [-0.39, 0.29) is 12.0 Å². The summed E-state index contributed by atoms with van der Waals surface area (Å²) in [5, 5.41) is 12.7. The molecular weight excluding hydrogens is 266 g/mol. The van der Waals surface area contributed by atoms with Crippen molar-refractivity contribution < 1.29 is 14.6 Å². The van der Waals surface area contributed by atoms with Crippen LogP contribution in [-0.2, 0) is 4.79 Å². The van der Waals surface area contributed by atoms with Gasteiger partial charge >= 0.3 is 0 Å². The van der Waals surface area contributed by atoms with Gasteiger partial charge in [-0.3, -0.25) is 4.79 Å². The molecule has 0 saturated carbocycles. The van der Waals surface area contributed by atoms with Crippen LogP contribution >= 0.6 is 11.6 Å². The van der Waals surface area contributed by atoms with Crippen molar-refractivity contribution in [2.45, 2.75) is 38.9 Å². The molecule has 1 aromatic carbocycles. The minimum atomic E-state index is -0.583. The van der Waals surface area contributed by atoms with Crippen LogP contribution < -0.4 is 10.1 Å². The third kappa shape index (κ3) is 5.94. The van der Waals surface area contributed by atoms with Crippen LogP contribution in [0, 0.1) is 0 Å². The molecule has 0 aliphatic carbocycles. The van der Waals surface area contributed by atoms with Gasteiger partial charge < -0.3 is 15.2 Å². The predicted molar refractivity (Wildman–Crippen MR) is 75.5 cm³/mol. The zero-order chi connectivity index (χ0) is 14.3. The van der Waals surface area contributed by atoms with Gasteiger partial charge in [0.05, 0.1) is 6.10 Å². The van der Waals surface area contributed by atoms with E-state index >= 15 is 0 Å². The van der Waals surface area contributed by atoms with Crippen molar-refractivity contribution in [3.05, 3.63) is 29.3 Å². The third-order valence-electron chi connectivity index (χ3n) is 2.74. The highest BCUT2D eigenvalue weighted by Crippen LogP contribution is 2.16. The van der Waals surface area contributed by atoms with Crippen LogP contribution in [0.2, 0.25) is 5.02 Å². The van der Waals surface area contributed by atoms with E-state index in [0.29, 0.717) is 30.2 Å². The van der Waals surface area contributed by atoms with Crippen LogP contribution in [0.3, 0.4) is 0 Å². The molecule has 19 heavy (non-hydrogen) atoms. The lowest BCUT2D eigenvalue weighted by Crippen LogP contribution is -2.37. The van der Waals surface area contributed by atoms with Crippen molar-refractivity contribution in [1.29, 1.82) is 0 Å². The van der Waals surface area contributed by atoms with Crippen molar-refractivity contribution in [3.8, 4) is 5.75 Å². The number of aliphatic hydroxyl groups excluding tert-OH is 1. The normalized spacial score (nSPS) is 13.7. The monoisotopic (exact) mass is 285 g/mol. The molecule has 0 aliphatic heterocycles. The molecular formula is C14H20ClNO3. The first kappa shape index (κ1) is 15.8. The summed E-state index contributed by atoms with van der Waals surface area (Å²) in [6.07, 6.45) is 0.288. The van der Waals surface area contributed by atoms with E-state index in [4.69, 9.17) is 16.3 Å². The molecule has 0 spiro atoms.